The number of piperazine rings is 1. The van der Waals surface area contributed by atoms with Crippen LogP contribution in [0, 0.1) is 10.1 Å². The summed E-state index contributed by atoms with van der Waals surface area (Å²) in [7, 11) is 0. The Balaban J connectivity index is 1.43. The summed E-state index contributed by atoms with van der Waals surface area (Å²) in [5.41, 5.74) is 0.910. The van der Waals surface area contributed by atoms with E-state index in [-0.39, 0.29) is 23.6 Å². The molecule has 2 aliphatic rings. The van der Waals surface area contributed by atoms with Crippen molar-refractivity contribution >= 4 is 40.7 Å². The average Bonchev–Trinajstić information content (AvgIpc) is 2.84. The van der Waals surface area contributed by atoms with Gasteiger partial charge in [-0.3, -0.25) is 10.1 Å². The van der Waals surface area contributed by atoms with Gasteiger partial charge in [-0.25, -0.2) is 14.8 Å². The molecule has 0 aliphatic carbocycles. The average molecular weight is 490 g/mol. The van der Waals surface area contributed by atoms with Crippen LogP contribution in [0.5, 0.6) is 0 Å². The van der Waals surface area contributed by atoms with Gasteiger partial charge in [-0.2, -0.15) is 0 Å². The molecule has 34 heavy (non-hydrogen) atoms. The molecular formula is C22H28ClN7O4. The van der Waals surface area contributed by atoms with Gasteiger partial charge in [-0.1, -0.05) is 17.7 Å². The molecule has 0 atom stereocenters. The van der Waals surface area contributed by atoms with Crippen molar-refractivity contribution in [2.45, 2.75) is 25.8 Å². The highest BCUT2D eigenvalue weighted by molar-refractivity contribution is 6.30. The van der Waals surface area contributed by atoms with Gasteiger partial charge in [0.1, 0.15) is 6.33 Å². The minimum Gasteiger partial charge on any atom is -0.450 e. The number of nitrogens with one attached hydrogen (secondary N) is 1. The van der Waals surface area contributed by atoms with Crippen LogP contribution in [0.1, 0.15) is 19.8 Å². The van der Waals surface area contributed by atoms with Gasteiger partial charge in [-0.05, 0) is 38.0 Å². The number of likely N-dealkylation sites (tertiary alicyclic amines) is 1. The van der Waals surface area contributed by atoms with Crippen LogP contribution in [-0.2, 0) is 4.74 Å². The molecule has 12 heteroatoms. The summed E-state index contributed by atoms with van der Waals surface area (Å²) in [6.07, 6.45) is 2.33. The Morgan fingerprint density at radius 2 is 1.88 bits per heavy atom. The van der Waals surface area contributed by atoms with Gasteiger partial charge < -0.3 is 24.8 Å². The number of carbonyl (C=O) groups excluding carboxylic acids is 1. The highest BCUT2D eigenvalue weighted by Gasteiger charge is 2.31. The third-order valence-electron chi connectivity index (χ3n) is 6.10. The zero-order valence-corrected chi connectivity index (χ0v) is 19.8. The third kappa shape index (κ3) is 5.41. The van der Waals surface area contributed by atoms with E-state index in [1.54, 1.807) is 11.8 Å². The van der Waals surface area contributed by atoms with Crippen LogP contribution in [0.15, 0.2) is 30.6 Å². The molecule has 2 aliphatic heterocycles. The van der Waals surface area contributed by atoms with Crippen molar-refractivity contribution in [1.29, 1.82) is 0 Å². The standard InChI is InChI=1S/C22H28ClN7O4/c1-2-34-22(31)29-8-6-17(7-9-29)26-20-19(30(32)33)21(25-15-24-20)28-12-10-27(11-13-28)18-5-3-4-16(23)14-18/h3-5,14-15,17H,2,6-13H2,1H3,(H,24,25,26). The molecule has 0 radical (unpaired) electrons. The lowest BCUT2D eigenvalue weighted by Crippen LogP contribution is -2.47. The van der Waals surface area contributed by atoms with Crippen molar-refractivity contribution in [3.63, 3.8) is 0 Å². The summed E-state index contributed by atoms with van der Waals surface area (Å²) >= 11 is 6.12. The van der Waals surface area contributed by atoms with Gasteiger partial charge in [0, 0.05) is 56.0 Å². The number of aromatic nitrogens is 2. The minimum atomic E-state index is -0.422. The van der Waals surface area contributed by atoms with Gasteiger partial charge >= 0.3 is 11.8 Å². The van der Waals surface area contributed by atoms with Crippen LogP contribution in [0.2, 0.25) is 5.02 Å². The van der Waals surface area contributed by atoms with Crippen molar-refractivity contribution in [1.82, 2.24) is 14.9 Å². The van der Waals surface area contributed by atoms with Gasteiger partial charge in [0.15, 0.2) is 0 Å². The van der Waals surface area contributed by atoms with Crippen LogP contribution in [-0.4, -0.2) is 77.8 Å². The van der Waals surface area contributed by atoms with E-state index in [2.05, 4.69) is 20.2 Å². The molecule has 1 amide bonds. The molecule has 2 saturated heterocycles. The number of ether oxygens (including phenoxy) is 1. The lowest BCUT2D eigenvalue weighted by Gasteiger charge is -2.36. The number of nitrogens with zero attached hydrogens (tertiary/aromatic N) is 6. The number of amides is 1. The zero-order chi connectivity index (χ0) is 24.1. The fourth-order valence-electron chi connectivity index (χ4n) is 4.34. The number of benzene rings is 1. The summed E-state index contributed by atoms with van der Waals surface area (Å²) in [5, 5.41) is 15.9. The van der Waals surface area contributed by atoms with E-state index < -0.39 is 4.92 Å². The number of hydrogen-bond acceptors (Lipinski definition) is 9. The lowest BCUT2D eigenvalue weighted by molar-refractivity contribution is -0.383. The molecular weight excluding hydrogens is 462 g/mol. The largest absolute Gasteiger partial charge is 0.450 e. The number of anilines is 3. The highest BCUT2D eigenvalue weighted by atomic mass is 35.5. The molecule has 11 nitrogen and oxygen atoms in total. The van der Waals surface area contributed by atoms with Crippen molar-refractivity contribution in [3.8, 4) is 0 Å². The maximum Gasteiger partial charge on any atom is 0.409 e. The van der Waals surface area contributed by atoms with Crippen molar-refractivity contribution in [3.05, 3.63) is 45.7 Å². The Bertz CT molecular complexity index is 1020. The molecule has 182 valence electrons. The van der Waals surface area contributed by atoms with Crippen LogP contribution in [0.3, 0.4) is 0 Å². The first-order valence-electron chi connectivity index (χ1n) is 11.4. The Kier molecular flexibility index (Phi) is 7.51. The normalized spacial score (nSPS) is 16.9. The second-order valence-corrected chi connectivity index (χ2v) is 8.65. The number of rotatable bonds is 6. The van der Waals surface area contributed by atoms with E-state index in [9.17, 15) is 14.9 Å². The Morgan fingerprint density at radius 1 is 1.18 bits per heavy atom. The molecule has 0 spiro atoms. The minimum absolute atomic E-state index is 0.0354. The van der Waals surface area contributed by atoms with Crippen molar-refractivity contribution < 1.29 is 14.5 Å². The fourth-order valence-corrected chi connectivity index (χ4v) is 4.52. The smallest absolute Gasteiger partial charge is 0.409 e. The molecule has 0 bridgehead atoms. The molecule has 2 fully saturated rings. The predicted octanol–water partition coefficient (Wildman–Crippen LogP) is 3.40. The van der Waals surface area contributed by atoms with Crippen LogP contribution >= 0.6 is 11.6 Å². The quantitative estimate of drug-likeness (QED) is 0.481. The number of piperidine rings is 1. The second kappa shape index (κ2) is 10.7. The SMILES string of the molecule is CCOC(=O)N1CCC(Nc2ncnc(N3CCN(c4cccc(Cl)c4)CC3)c2[N+](=O)[O-])CC1. The predicted molar refractivity (Wildman–Crippen MR) is 130 cm³/mol. The van der Waals surface area contributed by atoms with Gasteiger partial charge in [0.25, 0.3) is 0 Å². The molecule has 1 aromatic heterocycles. The Morgan fingerprint density at radius 3 is 2.53 bits per heavy atom. The molecule has 4 rings (SSSR count). The van der Waals surface area contributed by atoms with Gasteiger partial charge in [0.2, 0.25) is 11.6 Å². The number of carbonyl (C=O) groups is 1. The molecule has 1 aromatic carbocycles. The Labute approximate surface area is 202 Å². The van der Waals surface area contributed by atoms with E-state index in [1.807, 2.05) is 29.2 Å². The summed E-state index contributed by atoms with van der Waals surface area (Å²) in [6.45, 7) is 5.70. The first-order chi connectivity index (χ1) is 16.5. The lowest BCUT2D eigenvalue weighted by atomic mass is 10.1. The third-order valence-corrected chi connectivity index (χ3v) is 6.33. The summed E-state index contributed by atoms with van der Waals surface area (Å²) in [5.74, 6) is 0.527. The molecule has 2 aromatic rings. The monoisotopic (exact) mass is 489 g/mol. The number of hydrogen-bond donors (Lipinski definition) is 1. The summed E-state index contributed by atoms with van der Waals surface area (Å²) in [4.78, 5) is 37.8. The molecule has 0 saturated carbocycles. The summed E-state index contributed by atoms with van der Waals surface area (Å²) < 4.78 is 5.05. The first-order valence-corrected chi connectivity index (χ1v) is 11.8. The topological polar surface area (TPSA) is 117 Å². The fraction of sp³-hybridized carbons (Fsp3) is 0.500. The van der Waals surface area contributed by atoms with E-state index >= 15 is 0 Å². The van der Waals surface area contributed by atoms with Crippen molar-refractivity contribution in [2.24, 2.45) is 0 Å². The number of halogens is 1. The van der Waals surface area contributed by atoms with E-state index in [0.717, 1.165) is 5.69 Å². The number of nitro groups is 1. The molecule has 1 N–H and O–H groups in total. The van der Waals surface area contributed by atoms with Gasteiger partial charge in [-0.15, -0.1) is 0 Å². The first kappa shape index (κ1) is 23.8. The molecule has 3 heterocycles. The second-order valence-electron chi connectivity index (χ2n) is 8.21. The van der Waals surface area contributed by atoms with Gasteiger partial charge in [0.05, 0.1) is 11.5 Å². The highest BCUT2D eigenvalue weighted by Crippen LogP contribution is 2.34. The van der Waals surface area contributed by atoms with Crippen LogP contribution < -0.4 is 15.1 Å². The summed E-state index contributed by atoms with van der Waals surface area (Å²) in [6, 6.07) is 7.63. The Hall–Kier alpha value is -3.34. The van der Waals surface area contributed by atoms with E-state index in [4.69, 9.17) is 16.3 Å². The van der Waals surface area contributed by atoms with Crippen LogP contribution in [0.4, 0.5) is 27.8 Å². The maximum absolute atomic E-state index is 12.0. The van der Waals surface area contributed by atoms with E-state index in [1.165, 1.54) is 6.33 Å². The zero-order valence-electron chi connectivity index (χ0n) is 19.0. The van der Waals surface area contributed by atoms with Crippen LogP contribution in [0.25, 0.3) is 0 Å². The maximum atomic E-state index is 12.0. The van der Waals surface area contributed by atoms with E-state index in [0.29, 0.717) is 69.6 Å². The molecule has 0 unspecified atom stereocenters. The van der Waals surface area contributed by atoms with Crippen molar-refractivity contribution in [2.75, 3.05) is 61.0 Å².